The molecule has 2 aromatic heterocycles. The third-order valence-corrected chi connectivity index (χ3v) is 2.46. The van der Waals surface area contributed by atoms with E-state index in [4.69, 9.17) is 5.26 Å². The van der Waals surface area contributed by atoms with Crippen LogP contribution in [0.2, 0.25) is 0 Å². The molecule has 0 aliphatic heterocycles. The number of hydrogen-bond acceptors (Lipinski definition) is 8. The van der Waals surface area contributed by atoms with Gasteiger partial charge < -0.3 is 16.0 Å². The van der Waals surface area contributed by atoms with Gasteiger partial charge in [0.25, 0.3) is 0 Å². The van der Waals surface area contributed by atoms with Crippen molar-refractivity contribution in [3.05, 3.63) is 29.8 Å². The first-order chi connectivity index (χ1) is 9.72. The predicted octanol–water partition coefficient (Wildman–Crippen LogP) is 0.779. The van der Waals surface area contributed by atoms with Crippen LogP contribution in [0.5, 0.6) is 0 Å². The smallest absolute Gasteiger partial charge is 0.158 e. The van der Waals surface area contributed by atoms with Crippen LogP contribution in [-0.4, -0.2) is 33.9 Å². The molecule has 20 heavy (non-hydrogen) atoms. The van der Waals surface area contributed by atoms with Crippen LogP contribution in [0.25, 0.3) is 0 Å². The van der Waals surface area contributed by atoms with Crippen molar-refractivity contribution in [2.75, 3.05) is 24.3 Å². The van der Waals surface area contributed by atoms with Crippen molar-refractivity contribution in [3.8, 4) is 6.07 Å². The second-order valence-corrected chi connectivity index (χ2v) is 3.96. The third kappa shape index (κ3) is 3.37. The summed E-state index contributed by atoms with van der Waals surface area (Å²) in [5.41, 5.74) is 1.94. The molecule has 2 rings (SSSR count). The molecule has 0 unspecified atom stereocenters. The Labute approximate surface area is 116 Å². The van der Waals surface area contributed by atoms with E-state index in [0.29, 0.717) is 18.3 Å². The maximum atomic E-state index is 8.66. The van der Waals surface area contributed by atoms with E-state index in [-0.39, 0.29) is 5.69 Å². The molecule has 0 saturated heterocycles. The fraction of sp³-hybridized carbons (Fsp3) is 0.250. The first-order valence-electron chi connectivity index (χ1n) is 5.95. The highest BCUT2D eigenvalue weighted by atomic mass is 15.2. The Kier molecular flexibility index (Phi) is 4.36. The fourth-order valence-electron chi connectivity index (χ4n) is 1.46. The summed E-state index contributed by atoms with van der Waals surface area (Å²) >= 11 is 0. The van der Waals surface area contributed by atoms with Crippen molar-refractivity contribution in [1.82, 2.24) is 25.5 Å². The lowest BCUT2D eigenvalue weighted by molar-refractivity contribution is 0.866. The highest BCUT2D eigenvalue weighted by Crippen LogP contribution is 2.17. The molecule has 0 aromatic carbocycles. The molecular formula is C12H14N8. The van der Waals surface area contributed by atoms with Gasteiger partial charge in [0.05, 0.1) is 30.4 Å². The van der Waals surface area contributed by atoms with Crippen LogP contribution in [0, 0.1) is 18.3 Å². The zero-order valence-electron chi connectivity index (χ0n) is 11.2. The molecule has 8 nitrogen and oxygen atoms in total. The number of rotatable bonds is 5. The number of nitrogens with one attached hydrogen (secondary N) is 3. The second-order valence-electron chi connectivity index (χ2n) is 3.96. The van der Waals surface area contributed by atoms with Crippen molar-refractivity contribution < 1.29 is 0 Å². The lowest BCUT2D eigenvalue weighted by atomic mass is 10.3. The summed E-state index contributed by atoms with van der Waals surface area (Å²) in [6.45, 7) is 2.50. The number of aryl methyl sites for hydroxylation is 1. The molecule has 102 valence electrons. The van der Waals surface area contributed by atoms with Crippen LogP contribution in [0.4, 0.5) is 17.3 Å². The number of nitrogens with zero attached hydrogens (tertiary/aromatic N) is 5. The van der Waals surface area contributed by atoms with Crippen LogP contribution in [0.1, 0.15) is 11.4 Å². The predicted molar refractivity (Wildman–Crippen MR) is 74.3 cm³/mol. The zero-order chi connectivity index (χ0) is 14.4. The molecule has 2 aromatic rings. The summed E-state index contributed by atoms with van der Waals surface area (Å²) in [5, 5.41) is 25.9. The van der Waals surface area contributed by atoms with E-state index in [1.54, 1.807) is 0 Å². The monoisotopic (exact) mass is 270 g/mol. The van der Waals surface area contributed by atoms with Crippen LogP contribution >= 0.6 is 0 Å². The van der Waals surface area contributed by atoms with E-state index >= 15 is 0 Å². The van der Waals surface area contributed by atoms with Crippen molar-refractivity contribution >= 4 is 17.3 Å². The topological polar surface area (TPSA) is 111 Å². The van der Waals surface area contributed by atoms with E-state index in [9.17, 15) is 0 Å². The van der Waals surface area contributed by atoms with Gasteiger partial charge in [0.1, 0.15) is 11.9 Å². The lowest BCUT2D eigenvalue weighted by Gasteiger charge is -2.10. The Morgan fingerprint density at radius 1 is 1.20 bits per heavy atom. The summed E-state index contributed by atoms with van der Waals surface area (Å²) < 4.78 is 0. The van der Waals surface area contributed by atoms with Gasteiger partial charge in [-0.05, 0) is 14.0 Å². The molecule has 2 heterocycles. The maximum absolute atomic E-state index is 8.66. The summed E-state index contributed by atoms with van der Waals surface area (Å²) in [5.74, 6) is 1.05. The Hall–Kier alpha value is -2.79. The SMILES string of the molecule is CNCNc1cc(Nc2cnc(C#N)cn2)nnc1C. The minimum absolute atomic E-state index is 0.266. The van der Waals surface area contributed by atoms with E-state index in [0.717, 1.165) is 11.4 Å². The van der Waals surface area contributed by atoms with Gasteiger partial charge in [-0.25, -0.2) is 9.97 Å². The molecule has 0 radical (unpaired) electrons. The van der Waals surface area contributed by atoms with Gasteiger partial charge >= 0.3 is 0 Å². The Balaban J connectivity index is 2.14. The van der Waals surface area contributed by atoms with Gasteiger partial charge in [-0.15, -0.1) is 5.10 Å². The van der Waals surface area contributed by atoms with E-state index in [1.165, 1.54) is 12.4 Å². The number of aromatic nitrogens is 4. The van der Waals surface area contributed by atoms with Gasteiger partial charge in [0.15, 0.2) is 11.5 Å². The molecule has 0 aliphatic carbocycles. The van der Waals surface area contributed by atoms with Gasteiger partial charge in [0.2, 0.25) is 0 Å². The largest absolute Gasteiger partial charge is 0.371 e. The molecular weight excluding hydrogens is 256 g/mol. The van der Waals surface area contributed by atoms with E-state index < -0.39 is 0 Å². The summed E-state index contributed by atoms with van der Waals surface area (Å²) in [6.07, 6.45) is 2.87. The lowest BCUT2D eigenvalue weighted by Crippen LogP contribution is -2.17. The number of anilines is 3. The molecule has 0 saturated carbocycles. The van der Waals surface area contributed by atoms with Gasteiger partial charge in [-0.3, -0.25) is 0 Å². The van der Waals surface area contributed by atoms with Gasteiger partial charge in [0, 0.05) is 6.07 Å². The molecule has 0 bridgehead atoms. The van der Waals surface area contributed by atoms with Crippen molar-refractivity contribution in [1.29, 1.82) is 5.26 Å². The average molecular weight is 270 g/mol. The van der Waals surface area contributed by atoms with Crippen LogP contribution in [0.15, 0.2) is 18.5 Å². The van der Waals surface area contributed by atoms with E-state index in [2.05, 4.69) is 36.1 Å². The quantitative estimate of drug-likeness (QED) is 0.683. The maximum Gasteiger partial charge on any atom is 0.158 e. The first kappa shape index (κ1) is 13.6. The number of hydrogen-bond donors (Lipinski definition) is 3. The van der Waals surface area contributed by atoms with Crippen LogP contribution in [-0.2, 0) is 0 Å². The van der Waals surface area contributed by atoms with Gasteiger partial charge in [-0.2, -0.15) is 10.4 Å². The molecule has 3 N–H and O–H groups in total. The summed E-state index contributed by atoms with van der Waals surface area (Å²) in [6, 6.07) is 3.74. The van der Waals surface area contributed by atoms with Crippen molar-refractivity contribution in [2.45, 2.75) is 6.92 Å². The Morgan fingerprint density at radius 2 is 2.05 bits per heavy atom. The highest BCUT2D eigenvalue weighted by Gasteiger charge is 2.04. The summed E-state index contributed by atoms with van der Waals surface area (Å²) in [7, 11) is 1.85. The zero-order valence-corrected chi connectivity index (χ0v) is 11.2. The molecule has 0 aliphatic rings. The minimum atomic E-state index is 0.266. The van der Waals surface area contributed by atoms with Crippen molar-refractivity contribution in [2.24, 2.45) is 0 Å². The first-order valence-corrected chi connectivity index (χ1v) is 5.95. The van der Waals surface area contributed by atoms with Crippen LogP contribution in [0.3, 0.4) is 0 Å². The molecule has 8 heteroatoms. The Morgan fingerprint density at radius 3 is 2.70 bits per heavy atom. The third-order valence-electron chi connectivity index (χ3n) is 2.46. The number of nitriles is 1. The normalized spacial score (nSPS) is 9.85. The average Bonchev–Trinajstić information content (AvgIpc) is 2.48. The van der Waals surface area contributed by atoms with Crippen molar-refractivity contribution in [3.63, 3.8) is 0 Å². The van der Waals surface area contributed by atoms with E-state index in [1.807, 2.05) is 26.1 Å². The molecule has 0 fully saturated rings. The second kappa shape index (κ2) is 6.40. The minimum Gasteiger partial charge on any atom is -0.371 e. The fourth-order valence-corrected chi connectivity index (χ4v) is 1.46. The molecule has 0 atom stereocenters. The summed E-state index contributed by atoms with van der Waals surface area (Å²) in [4.78, 5) is 7.99. The Bertz CT molecular complexity index is 616. The highest BCUT2D eigenvalue weighted by molar-refractivity contribution is 5.58. The standard InChI is InChI=1S/C12H14N8/c1-8-10(17-7-14-2)3-11(20-19-8)18-12-6-15-9(4-13)5-16-12/h3,5-6,14H,7H2,1-2H3,(H2,16,17,18,20). The van der Waals surface area contributed by atoms with Crippen LogP contribution < -0.4 is 16.0 Å². The molecule has 0 spiro atoms. The molecule has 0 amide bonds. The van der Waals surface area contributed by atoms with Gasteiger partial charge in [-0.1, -0.05) is 0 Å².